The smallest absolute Gasteiger partial charge is 0.222 e. The van der Waals surface area contributed by atoms with Crippen LogP contribution >= 0.6 is 0 Å². The first-order valence-electron chi connectivity index (χ1n) is 8.04. The van der Waals surface area contributed by atoms with E-state index in [1.807, 2.05) is 17.9 Å². The van der Waals surface area contributed by atoms with Gasteiger partial charge in [0.25, 0.3) is 0 Å². The molecule has 0 spiro atoms. The van der Waals surface area contributed by atoms with Gasteiger partial charge in [0.15, 0.2) is 5.82 Å². The number of likely N-dealkylation sites (tertiary alicyclic amines) is 1. The van der Waals surface area contributed by atoms with Crippen LogP contribution in [0.4, 0.5) is 4.39 Å². The van der Waals surface area contributed by atoms with E-state index in [2.05, 4.69) is 9.97 Å². The van der Waals surface area contributed by atoms with Crippen LogP contribution in [-0.2, 0) is 4.79 Å². The Bertz CT molecular complexity index is 687. The van der Waals surface area contributed by atoms with Gasteiger partial charge in [-0.1, -0.05) is 6.92 Å². The maximum Gasteiger partial charge on any atom is 0.222 e. The van der Waals surface area contributed by atoms with Crippen molar-refractivity contribution >= 4 is 5.91 Å². The third kappa shape index (κ3) is 3.55. The zero-order chi connectivity index (χ0) is 16.2. The highest BCUT2D eigenvalue weighted by molar-refractivity contribution is 5.76. The largest absolute Gasteiger partial charge is 0.342 e. The Balaban J connectivity index is 1.82. The minimum Gasteiger partial charge on any atom is -0.342 e. The summed E-state index contributed by atoms with van der Waals surface area (Å²) in [6.45, 7) is 3.44. The van der Waals surface area contributed by atoms with Crippen molar-refractivity contribution in [2.45, 2.75) is 32.1 Å². The van der Waals surface area contributed by atoms with E-state index in [9.17, 15) is 9.18 Å². The van der Waals surface area contributed by atoms with Crippen molar-refractivity contribution in [2.75, 3.05) is 13.1 Å². The molecule has 0 N–H and O–H groups in total. The molecule has 1 aliphatic heterocycles. The number of hydrogen-bond donors (Lipinski definition) is 0. The molecule has 3 rings (SSSR count). The van der Waals surface area contributed by atoms with Crippen LogP contribution < -0.4 is 0 Å². The van der Waals surface area contributed by atoms with E-state index in [1.54, 1.807) is 18.3 Å². The number of nitrogens with zero attached hydrogens (tertiary/aromatic N) is 3. The Morgan fingerprint density at radius 3 is 2.83 bits per heavy atom. The van der Waals surface area contributed by atoms with Gasteiger partial charge in [0.2, 0.25) is 5.91 Å². The van der Waals surface area contributed by atoms with Crippen molar-refractivity contribution in [3.63, 3.8) is 0 Å². The molecule has 1 amide bonds. The summed E-state index contributed by atoms with van der Waals surface area (Å²) in [7, 11) is 0. The van der Waals surface area contributed by atoms with E-state index >= 15 is 0 Å². The van der Waals surface area contributed by atoms with Crippen molar-refractivity contribution in [3.05, 3.63) is 48.0 Å². The second kappa shape index (κ2) is 6.86. The molecule has 0 bridgehead atoms. The summed E-state index contributed by atoms with van der Waals surface area (Å²) in [5, 5.41) is 0. The van der Waals surface area contributed by atoms with Crippen molar-refractivity contribution in [1.29, 1.82) is 0 Å². The summed E-state index contributed by atoms with van der Waals surface area (Å²) in [5.74, 6) is 0.760. The molecule has 0 saturated carbocycles. The third-order valence-corrected chi connectivity index (χ3v) is 4.27. The molecule has 23 heavy (non-hydrogen) atoms. The predicted molar refractivity (Wildman–Crippen MR) is 86.3 cm³/mol. The van der Waals surface area contributed by atoms with Crippen molar-refractivity contribution < 1.29 is 9.18 Å². The average molecular weight is 313 g/mol. The first-order chi connectivity index (χ1) is 11.2. The van der Waals surface area contributed by atoms with Crippen LogP contribution in [0.1, 0.15) is 37.8 Å². The zero-order valence-corrected chi connectivity index (χ0v) is 13.2. The fraction of sp³-hybridized carbons (Fsp3) is 0.389. The molecule has 1 aromatic heterocycles. The lowest BCUT2D eigenvalue weighted by atomic mass is 9.94. The van der Waals surface area contributed by atoms with Gasteiger partial charge in [0.05, 0.1) is 0 Å². The van der Waals surface area contributed by atoms with Gasteiger partial charge < -0.3 is 4.90 Å². The highest BCUT2D eigenvalue weighted by Crippen LogP contribution is 2.27. The minimum atomic E-state index is -0.272. The number of benzene rings is 1. The van der Waals surface area contributed by atoms with Crippen LogP contribution in [0.2, 0.25) is 0 Å². The third-order valence-electron chi connectivity index (χ3n) is 4.27. The minimum absolute atomic E-state index is 0.197. The van der Waals surface area contributed by atoms with E-state index in [0.717, 1.165) is 30.6 Å². The fourth-order valence-corrected chi connectivity index (χ4v) is 3.01. The number of piperidine rings is 1. The van der Waals surface area contributed by atoms with Gasteiger partial charge in [-0.2, -0.15) is 0 Å². The summed E-state index contributed by atoms with van der Waals surface area (Å²) in [5.41, 5.74) is 1.75. The molecule has 5 heteroatoms. The molecule has 1 fully saturated rings. The van der Waals surface area contributed by atoms with Crippen LogP contribution in [0.15, 0.2) is 36.5 Å². The van der Waals surface area contributed by atoms with E-state index in [4.69, 9.17) is 0 Å². The highest BCUT2D eigenvalue weighted by Gasteiger charge is 2.25. The van der Waals surface area contributed by atoms with E-state index < -0.39 is 0 Å². The standard InChI is InChI=1S/C18H20FN3O/c1-2-17(23)22-11-3-4-14(12-22)16-9-10-20-18(21-16)13-5-7-15(19)8-6-13/h5-10,14H,2-4,11-12H2,1H3. The maximum absolute atomic E-state index is 13.0. The SMILES string of the molecule is CCC(=O)N1CCCC(c2ccnc(-c3ccc(F)cc3)n2)C1. The number of carbonyl (C=O) groups is 1. The van der Waals surface area contributed by atoms with Crippen molar-refractivity contribution in [2.24, 2.45) is 0 Å². The Hall–Kier alpha value is -2.30. The zero-order valence-electron chi connectivity index (χ0n) is 13.2. The second-order valence-corrected chi connectivity index (χ2v) is 5.84. The van der Waals surface area contributed by atoms with Gasteiger partial charge >= 0.3 is 0 Å². The van der Waals surface area contributed by atoms with Gasteiger partial charge in [-0.25, -0.2) is 14.4 Å². The summed E-state index contributed by atoms with van der Waals surface area (Å²) >= 11 is 0. The Labute approximate surface area is 135 Å². The molecule has 1 atom stereocenters. The Kier molecular flexibility index (Phi) is 4.65. The molecule has 1 aliphatic rings. The van der Waals surface area contributed by atoms with Crippen LogP contribution in [0.25, 0.3) is 11.4 Å². The lowest BCUT2D eigenvalue weighted by molar-refractivity contribution is -0.132. The van der Waals surface area contributed by atoms with E-state index in [-0.39, 0.29) is 17.6 Å². The predicted octanol–water partition coefficient (Wildman–Crippen LogP) is 3.40. The molecule has 0 aliphatic carbocycles. The number of amides is 1. The average Bonchev–Trinajstić information content (AvgIpc) is 2.62. The number of carbonyl (C=O) groups excluding carboxylic acids is 1. The topological polar surface area (TPSA) is 46.1 Å². The lowest BCUT2D eigenvalue weighted by Gasteiger charge is -2.32. The van der Waals surface area contributed by atoms with Crippen LogP contribution in [0.3, 0.4) is 0 Å². The molecule has 1 unspecified atom stereocenters. The molecule has 0 radical (unpaired) electrons. The van der Waals surface area contributed by atoms with Gasteiger partial charge in [0.1, 0.15) is 5.82 Å². The lowest BCUT2D eigenvalue weighted by Crippen LogP contribution is -2.38. The molecule has 1 saturated heterocycles. The quantitative estimate of drug-likeness (QED) is 0.872. The number of halogens is 1. The molecule has 4 nitrogen and oxygen atoms in total. The molecule has 1 aromatic carbocycles. The van der Waals surface area contributed by atoms with Gasteiger partial charge in [0, 0.05) is 42.9 Å². The fourth-order valence-electron chi connectivity index (χ4n) is 3.01. The number of aromatic nitrogens is 2. The Morgan fingerprint density at radius 2 is 2.09 bits per heavy atom. The van der Waals surface area contributed by atoms with Gasteiger partial charge in [-0.3, -0.25) is 4.79 Å². The summed E-state index contributed by atoms with van der Waals surface area (Å²) in [4.78, 5) is 22.8. The van der Waals surface area contributed by atoms with Gasteiger partial charge in [-0.05, 0) is 43.2 Å². The first-order valence-corrected chi connectivity index (χ1v) is 8.04. The monoisotopic (exact) mass is 313 g/mol. The van der Waals surface area contributed by atoms with Crippen LogP contribution in [0.5, 0.6) is 0 Å². The highest BCUT2D eigenvalue weighted by atomic mass is 19.1. The summed E-state index contributed by atoms with van der Waals surface area (Å²) in [6.07, 6.45) is 4.29. The summed E-state index contributed by atoms with van der Waals surface area (Å²) in [6, 6.07) is 8.10. The van der Waals surface area contributed by atoms with Crippen LogP contribution in [-0.4, -0.2) is 33.9 Å². The maximum atomic E-state index is 13.0. The van der Waals surface area contributed by atoms with Crippen molar-refractivity contribution in [1.82, 2.24) is 14.9 Å². The first kappa shape index (κ1) is 15.6. The number of hydrogen-bond acceptors (Lipinski definition) is 3. The van der Waals surface area contributed by atoms with E-state index in [0.29, 0.717) is 18.8 Å². The molecular formula is C18H20FN3O. The molecular weight excluding hydrogens is 293 g/mol. The number of rotatable bonds is 3. The Morgan fingerprint density at radius 1 is 1.30 bits per heavy atom. The van der Waals surface area contributed by atoms with E-state index in [1.165, 1.54) is 12.1 Å². The van der Waals surface area contributed by atoms with Gasteiger partial charge in [-0.15, -0.1) is 0 Å². The molecule has 2 aromatic rings. The second-order valence-electron chi connectivity index (χ2n) is 5.84. The van der Waals surface area contributed by atoms with Crippen molar-refractivity contribution in [3.8, 4) is 11.4 Å². The summed E-state index contributed by atoms with van der Waals surface area (Å²) < 4.78 is 13.0. The molecule has 120 valence electrons. The van der Waals surface area contributed by atoms with Crippen LogP contribution in [0, 0.1) is 5.82 Å². The molecule has 2 heterocycles. The normalized spacial score (nSPS) is 18.0.